The molecule has 0 aliphatic carbocycles. The van der Waals surface area contributed by atoms with Crippen molar-refractivity contribution in [1.29, 1.82) is 0 Å². The second-order valence-corrected chi connectivity index (χ2v) is 24.3. The molecule has 0 nitrogen and oxygen atoms in total. The molecule has 0 spiro atoms. The van der Waals surface area contributed by atoms with Gasteiger partial charge in [0.25, 0.3) is 0 Å². The summed E-state index contributed by atoms with van der Waals surface area (Å²) in [7, 11) is -2.40. The van der Waals surface area contributed by atoms with E-state index in [-0.39, 0.29) is 0 Å². The van der Waals surface area contributed by atoms with Crippen molar-refractivity contribution in [3.63, 3.8) is 0 Å². The maximum atomic E-state index is 4.04. The van der Waals surface area contributed by atoms with E-state index in [1.165, 1.54) is 65.0 Å². The van der Waals surface area contributed by atoms with Crippen LogP contribution in [0.1, 0.15) is 94.2 Å². The van der Waals surface area contributed by atoms with Gasteiger partial charge in [-0.3, -0.25) is 0 Å². The molecule has 0 radical (unpaired) electrons. The highest BCUT2D eigenvalue weighted by Crippen LogP contribution is 2.61. The third-order valence-electron chi connectivity index (χ3n) is 11.1. The molecule has 0 saturated carbocycles. The normalized spacial score (nSPS) is 13.6. The van der Waals surface area contributed by atoms with Crippen LogP contribution in [0.2, 0.25) is 0 Å². The second kappa shape index (κ2) is 12.9. The van der Waals surface area contributed by atoms with Crippen LogP contribution in [0.4, 0.5) is 0 Å². The molecule has 0 heterocycles. The van der Waals surface area contributed by atoms with Crippen LogP contribution in [0.5, 0.6) is 0 Å². The zero-order valence-corrected chi connectivity index (χ0v) is 32.8. The van der Waals surface area contributed by atoms with Gasteiger partial charge >= 0.3 is 0 Å². The van der Waals surface area contributed by atoms with E-state index in [2.05, 4.69) is 178 Å². The van der Waals surface area contributed by atoms with Gasteiger partial charge in [0.2, 0.25) is 0 Å². The van der Waals surface area contributed by atoms with Gasteiger partial charge in [-0.25, -0.2) is 0 Å². The number of benzene rings is 6. The first-order valence-electron chi connectivity index (χ1n) is 18.0. The molecule has 48 heavy (non-hydrogen) atoms. The molecule has 0 atom stereocenters. The monoisotopic (exact) mass is 670 g/mol. The molecule has 2 heteroatoms. The Hall–Kier alpha value is -3.30. The minimum Gasteiger partial charge on any atom is -0.170 e. The standard InChI is InChI=1S/C46H54S2/c1-29(2)47(30(3)4,31(5)6)27-25-39-35-17-13-15-19-37(35)41-22-24-44-40(26-28-48(32(7)8,33(9)10)34(11)12)36-18-14-16-20-38(36)42-21-23-43(39)45(41)46(42)44/h13-24,29-34H,1-12H3. The number of rotatable bonds is 6. The minimum atomic E-state index is -1.20. The van der Waals surface area contributed by atoms with Gasteiger partial charge in [0.15, 0.2) is 0 Å². The molecular formula is C46H54S2. The largest absolute Gasteiger partial charge is 0.170 e. The summed E-state index contributed by atoms with van der Waals surface area (Å²) in [6.07, 6.45) is 0. The lowest BCUT2D eigenvalue weighted by Crippen LogP contribution is -2.27. The Balaban J connectivity index is 1.79. The first kappa shape index (κ1) is 34.6. The fourth-order valence-corrected chi connectivity index (χ4v) is 17.5. The highest BCUT2D eigenvalue weighted by atomic mass is 32.3. The van der Waals surface area contributed by atoms with Crippen molar-refractivity contribution in [2.24, 2.45) is 0 Å². The van der Waals surface area contributed by atoms with E-state index < -0.39 is 20.1 Å². The molecule has 6 aromatic rings. The van der Waals surface area contributed by atoms with Gasteiger partial charge in [-0.1, -0.05) is 168 Å². The molecule has 0 saturated heterocycles. The lowest BCUT2D eigenvalue weighted by Gasteiger charge is -2.46. The Kier molecular flexibility index (Phi) is 9.26. The fraction of sp³-hybridized carbons (Fsp3) is 0.391. The third-order valence-corrected chi connectivity index (χ3v) is 21.3. The average Bonchev–Trinajstić information content (AvgIpc) is 3.04. The highest BCUT2D eigenvalue weighted by molar-refractivity contribution is 8.39. The summed E-state index contributed by atoms with van der Waals surface area (Å²) in [5.74, 6) is 7.85. The van der Waals surface area contributed by atoms with Crippen LogP contribution >= 0.6 is 20.1 Å². The van der Waals surface area contributed by atoms with Gasteiger partial charge in [0.05, 0.1) is 0 Å². The van der Waals surface area contributed by atoms with Crippen LogP contribution in [0.25, 0.3) is 53.9 Å². The van der Waals surface area contributed by atoms with Crippen LogP contribution < -0.4 is 0 Å². The second-order valence-electron chi connectivity index (χ2n) is 15.2. The number of hydrogen-bond donors (Lipinski definition) is 0. The van der Waals surface area contributed by atoms with Crippen molar-refractivity contribution < 1.29 is 0 Å². The van der Waals surface area contributed by atoms with Crippen molar-refractivity contribution in [2.75, 3.05) is 0 Å². The highest BCUT2D eigenvalue weighted by Gasteiger charge is 2.34. The smallest absolute Gasteiger partial charge is 0.0411 e. The molecule has 0 aliphatic rings. The molecule has 0 N–H and O–H groups in total. The predicted molar refractivity (Wildman–Crippen MR) is 225 cm³/mol. The SMILES string of the molecule is CC(C)S(C#Cc1c2ccccc2c2ccc3c(C#CS(C(C)C)(C(C)C)C(C)C)c4ccccc4c4ccc1c2c34)(C(C)C)C(C)C. The quantitative estimate of drug-likeness (QED) is 0.0940. The van der Waals surface area contributed by atoms with Crippen molar-refractivity contribution in [3.05, 3.63) is 83.9 Å². The van der Waals surface area contributed by atoms with E-state index in [9.17, 15) is 0 Å². The number of fused-ring (bicyclic) bond motifs is 4. The molecule has 0 fully saturated rings. The van der Waals surface area contributed by atoms with Gasteiger partial charge in [-0.05, 0) is 95.9 Å². The predicted octanol–water partition coefficient (Wildman–Crippen LogP) is 13.6. The molecule has 6 aromatic carbocycles. The molecule has 0 aromatic heterocycles. The Morgan fingerprint density at radius 1 is 0.333 bits per heavy atom. The Morgan fingerprint density at radius 3 is 0.896 bits per heavy atom. The summed E-state index contributed by atoms with van der Waals surface area (Å²) in [4.78, 5) is 0. The fourth-order valence-electron chi connectivity index (χ4n) is 9.04. The third kappa shape index (κ3) is 5.10. The van der Waals surface area contributed by atoms with Gasteiger partial charge in [0, 0.05) is 11.1 Å². The summed E-state index contributed by atoms with van der Waals surface area (Å²) >= 11 is 0. The lowest BCUT2D eigenvalue weighted by atomic mass is 9.84. The molecule has 0 amide bonds. The first-order valence-corrected chi connectivity index (χ1v) is 21.6. The Bertz CT molecular complexity index is 2070. The molecule has 0 bridgehead atoms. The number of hydrogen-bond acceptors (Lipinski definition) is 0. The summed E-state index contributed by atoms with van der Waals surface area (Å²) < 4.78 is 0. The summed E-state index contributed by atoms with van der Waals surface area (Å²) in [6, 6.07) is 27.3. The molecule has 6 rings (SSSR count). The zero-order chi connectivity index (χ0) is 34.7. The van der Waals surface area contributed by atoms with Crippen LogP contribution in [-0.4, -0.2) is 31.5 Å². The maximum Gasteiger partial charge on any atom is 0.0411 e. The van der Waals surface area contributed by atoms with Crippen molar-refractivity contribution in [2.45, 2.75) is 115 Å². The van der Waals surface area contributed by atoms with Gasteiger partial charge in [-0.2, -0.15) is 20.1 Å². The van der Waals surface area contributed by atoms with Gasteiger partial charge < -0.3 is 0 Å². The lowest BCUT2D eigenvalue weighted by molar-refractivity contribution is 0.959. The maximum absolute atomic E-state index is 4.04. The molecular weight excluding hydrogens is 617 g/mol. The van der Waals surface area contributed by atoms with E-state index >= 15 is 0 Å². The topological polar surface area (TPSA) is 0 Å². The van der Waals surface area contributed by atoms with Crippen molar-refractivity contribution >= 4 is 73.9 Å². The van der Waals surface area contributed by atoms with E-state index in [0.717, 1.165) is 0 Å². The summed E-state index contributed by atoms with van der Waals surface area (Å²) in [6.45, 7) is 28.6. The van der Waals surface area contributed by atoms with Crippen LogP contribution in [0.15, 0.2) is 72.8 Å². The summed E-state index contributed by atoms with van der Waals surface area (Å²) in [5, 5.41) is 24.1. The van der Waals surface area contributed by atoms with Gasteiger partial charge in [-0.15, -0.1) is 0 Å². The van der Waals surface area contributed by atoms with Crippen molar-refractivity contribution in [3.8, 4) is 22.3 Å². The average molecular weight is 671 g/mol. The first-order chi connectivity index (χ1) is 22.8. The van der Waals surface area contributed by atoms with E-state index in [4.69, 9.17) is 0 Å². The van der Waals surface area contributed by atoms with Crippen LogP contribution in [-0.2, 0) is 0 Å². The molecule has 250 valence electrons. The Labute approximate surface area is 293 Å². The van der Waals surface area contributed by atoms with Crippen molar-refractivity contribution in [1.82, 2.24) is 0 Å². The van der Waals surface area contributed by atoms with E-state index in [1.807, 2.05) is 0 Å². The van der Waals surface area contributed by atoms with E-state index in [0.29, 0.717) is 31.5 Å². The minimum absolute atomic E-state index is 0.528. The van der Waals surface area contributed by atoms with Gasteiger partial charge in [0.1, 0.15) is 0 Å². The van der Waals surface area contributed by atoms with E-state index in [1.54, 1.807) is 0 Å². The Morgan fingerprint density at radius 2 is 0.604 bits per heavy atom. The van der Waals surface area contributed by atoms with Crippen LogP contribution in [0.3, 0.4) is 0 Å². The summed E-state index contributed by atoms with van der Waals surface area (Å²) in [5.41, 5.74) is 2.35. The van der Waals surface area contributed by atoms with Crippen LogP contribution in [0, 0.1) is 22.3 Å². The zero-order valence-electron chi connectivity index (χ0n) is 31.2. The molecule has 0 aliphatic heterocycles. The molecule has 0 unspecified atom stereocenters.